The third-order valence-corrected chi connectivity index (χ3v) is 1.95. The van der Waals surface area contributed by atoms with Crippen LogP contribution in [0.5, 0.6) is 0 Å². The lowest BCUT2D eigenvalue weighted by atomic mass is 10.0. The van der Waals surface area contributed by atoms with Gasteiger partial charge in [0.2, 0.25) is 0 Å². The highest BCUT2D eigenvalue weighted by atomic mass is 19.2. The van der Waals surface area contributed by atoms with Crippen LogP contribution in [0, 0.1) is 11.6 Å². The predicted octanol–water partition coefficient (Wildman–Crippen LogP) is 2.05. The van der Waals surface area contributed by atoms with Crippen LogP contribution in [-0.4, -0.2) is 0 Å². The molecule has 3 N–H and O–H groups in total. The second-order valence-corrected chi connectivity index (χ2v) is 3.09. The number of rotatable bonds is 3. The van der Waals surface area contributed by atoms with Gasteiger partial charge in [0.15, 0.2) is 11.6 Å². The summed E-state index contributed by atoms with van der Waals surface area (Å²) in [5.74, 6) is 3.45. The van der Waals surface area contributed by atoms with Crippen LogP contribution in [-0.2, 0) is 0 Å². The van der Waals surface area contributed by atoms with E-state index in [1.165, 1.54) is 12.1 Å². The summed E-state index contributed by atoms with van der Waals surface area (Å²) in [5.41, 5.74) is 3.17. The SMILES string of the molecule is C=C(C)C(NN)c1cccc(F)c1F. The van der Waals surface area contributed by atoms with Crippen molar-refractivity contribution in [3.63, 3.8) is 0 Å². The number of halogens is 2. The minimum Gasteiger partial charge on any atom is -0.271 e. The fourth-order valence-corrected chi connectivity index (χ4v) is 1.24. The zero-order valence-electron chi connectivity index (χ0n) is 7.85. The van der Waals surface area contributed by atoms with Gasteiger partial charge in [-0.3, -0.25) is 5.84 Å². The average molecular weight is 198 g/mol. The second-order valence-electron chi connectivity index (χ2n) is 3.09. The van der Waals surface area contributed by atoms with Crippen molar-refractivity contribution in [2.45, 2.75) is 13.0 Å². The predicted molar refractivity (Wildman–Crippen MR) is 51.2 cm³/mol. The molecule has 0 saturated carbocycles. The molecule has 0 aliphatic heterocycles. The van der Waals surface area contributed by atoms with Gasteiger partial charge in [-0.25, -0.2) is 14.2 Å². The largest absolute Gasteiger partial charge is 0.271 e. The Morgan fingerprint density at radius 1 is 1.50 bits per heavy atom. The minimum absolute atomic E-state index is 0.167. The number of nitrogens with one attached hydrogen (secondary N) is 1. The van der Waals surface area contributed by atoms with Gasteiger partial charge in [0.05, 0.1) is 6.04 Å². The minimum atomic E-state index is -0.890. The molecule has 0 radical (unpaired) electrons. The van der Waals surface area contributed by atoms with E-state index in [1.807, 2.05) is 0 Å². The fraction of sp³-hybridized carbons (Fsp3) is 0.200. The van der Waals surface area contributed by atoms with Crippen molar-refractivity contribution in [3.8, 4) is 0 Å². The lowest BCUT2D eigenvalue weighted by molar-refractivity contribution is 0.481. The van der Waals surface area contributed by atoms with E-state index in [0.717, 1.165) is 6.07 Å². The van der Waals surface area contributed by atoms with Gasteiger partial charge in [-0.2, -0.15) is 0 Å². The van der Waals surface area contributed by atoms with Crippen LogP contribution < -0.4 is 11.3 Å². The van der Waals surface area contributed by atoms with E-state index >= 15 is 0 Å². The van der Waals surface area contributed by atoms with Gasteiger partial charge >= 0.3 is 0 Å². The summed E-state index contributed by atoms with van der Waals surface area (Å²) < 4.78 is 26.2. The van der Waals surface area contributed by atoms with E-state index in [9.17, 15) is 8.78 Å². The molecule has 0 bridgehead atoms. The van der Waals surface area contributed by atoms with E-state index in [-0.39, 0.29) is 5.56 Å². The molecule has 0 aliphatic carbocycles. The Hall–Kier alpha value is -1.26. The van der Waals surface area contributed by atoms with Crippen LogP contribution in [0.25, 0.3) is 0 Å². The smallest absolute Gasteiger partial charge is 0.163 e. The van der Waals surface area contributed by atoms with Crippen molar-refractivity contribution in [3.05, 3.63) is 47.5 Å². The Morgan fingerprint density at radius 3 is 2.64 bits per heavy atom. The maximum atomic E-state index is 13.3. The maximum absolute atomic E-state index is 13.3. The second kappa shape index (κ2) is 4.30. The molecule has 2 nitrogen and oxygen atoms in total. The summed E-state index contributed by atoms with van der Waals surface area (Å²) in [5, 5.41) is 0. The highest BCUT2D eigenvalue weighted by Gasteiger charge is 2.17. The zero-order valence-corrected chi connectivity index (χ0v) is 7.85. The van der Waals surface area contributed by atoms with Gasteiger partial charge in [-0.1, -0.05) is 24.3 Å². The highest BCUT2D eigenvalue weighted by molar-refractivity contribution is 5.28. The van der Waals surface area contributed by atoms with Crippen LogP contribution in [0.15, 0.2) is 30.4 Å². The van der Waals surface area contributed by atoms with Crippen LogP contribution in [0.2, 0.25) is 0 Å². The lowest BCUT2D eigenvalue weighted by Gasteiger charge is -2.16. The van der Waals surface area contributed by atoms with Crippen molar-refractivity contribution in [1.82, 2.24) is 5.43 Å². The monoisotopic (exact) mass is 198 g/mol. The first kappa shape index (κ1) is 10.8. The third-order valence-electron chi connectivity index (χ3n) is 1.95. The van der Waals surface area contributed by atoms with Gasteiger partial charge in [-0.05, 0) is 13.0 Å². The molecule has 0 amide bonds. The van der Waals surface area contributed by atoms with Crippen molar-refractivity contribution in [1.29, 1.82) is 0 Å². The number of benzene rings is 1. The molecule has 1 unspecified atom stereocenters. The maximum Gasteiger partial charge on any atom is 0.163 e. The summed E-state index contributed by atoms with van der Waals surface area (Å²) in [6, 6.07) is 3.40. The molecule has 1 aromatic carbocycles. The van der Waals surface area contributed by atoms with Crippen LogP contribution in [0.3, 0.4) is 0 Å². The van der Waals surface area contributed by atoms with Crippen molar-refractivity contribution >= 4 is 0 Å². The lowest BCUT2D eigenvalue weighted by Crippen LogP contribution is -2.29. The van der Waals surface area contributed by atoms with E-state index in [2.05, 4.69) is 12.0 Å². The Morgan fingerprint density at radius 2 is 2.14 bits per heavy atom. The third kappa shape index (κ3) is 1.97. The molecular weight excluding hydrogens is 186 g/mol. The van der Waals surface area contributed by atoms with Crippen LogP contribution >= 0.6 is 0 Å². The molecule has 0 heterocycles. The van der Waals surface area contributed by atoms with Gasteiger partial charge in [0.25, 0.3) is 0 Å². The zero-order chi connectivity index (χ0) is 10.7. The normalized spacial score (nSPS) is 12.6. The molecule has 76 valence electrons. The first-order chi connectivity index (χ1) is 6.57. The van der Waals surface area contributed by atoms with Gasteiger partial charge in [-0.15, -0.1) is 0 Å². The van der Waals surface area contributed by atoms with E-state index in [4.69, 9.17) is 5.84 Å². The summed E-state index contributed by atoms with van der Waals surface area (Å²) in [7, 11) is 0. The molecule has 1 aromatic rings. The Labute approximate surface area is 81.4 Å². The molecule has 1 rings (SSSR count). The summed E-state index contributed by atoms with van der Waals surface area (Å²) >= 11 is 0. The van der Waals surface area contributed by atoms with Crippen LogP contribution in [0.4, 0.5) is 8.78 Å². The molecular formula is C10H12F2N2. The van der Waals surface area contributed by atoms with Gasteiger partial charge in [0, 0.05) is 5.56 Å². The quantitative estimate of drug-likeness (QED) is 0.443. The molecule has 0 saturated heterocycles. The number of nitrogens with two attached hydrogens (primary N) is 1. The van der Waals surface area contributed by atoms with Crippen molar-refractivity contribution in [2.24, 2.45) is 5.84 Å². The Bertz CT molecular complexity index is 350. The summed E-state index contributed by atoms with van der Waals surface area (Å²) in [6.45, 7) is 5.33. The Kier molecular flexibility index (Phi) is 3.33. The molecule has 0 fully saturated rings. The van der Waals surface area contributed by atoms with Crippen LogP contribution in [0.1, 0.15) is 18.5 Å². The molecule has 4 heteroatoms. The molecule has 14 heavy (non-hydrogen) atoms. The van der Waals surface area contributed by atoms with E-state index in [0.29, 0.717) is 5.57 Å². The summed E-state index contributed by atoms with van der Waals surface area (Å²) in [6.07, 6.45) is 0. The average Bonchev–Trinajstić information content (AvgIpc) is 2.13. The molecule has 0 aromatic heterocycles. The summed E-state index contributed by atoms with van der Waals surface area (Å²) in [4.78, 5) is 0. The Balaban J connectivity index is 3.16. The molecule has 0 spiro atoms. The topological polar surface area (TPSA) is 38.0 Å². The number of hydrogen-bond acceptors (Lipinski definition) is 2. The first-order valence-corrected chi connectivity index (χ1v) is 4.13. The standard InChI is InChI=1S/C10H12F2N2/c1-6(2)10(14-13)7-4-3-5-8(11)9(7)12/h3-5,10,14H,1,13H2,2H3. The fourth-order valence-electron chi connectivity index (χ4n) is 1.24. The number of hydrazine groups is 1. The highest BCUT2D eigenvalue weighted by Crippen LogP contribution is 2.23. The molecule has 0 aliphatic rings. The van der Waals surface area contributed by atoms with E-state index in [1.54, 1.807) is 6.92 Å². The molecule has 1 atom stereocenters. The van der Waals surface area contributed by atoms with Gasteiger partial charge in [0.1, 0.15) is 0 Å². The van der Waals surface area contributed by atoms with E-state index < -0.39 is 17.7 Å². The van der Waals surface area contributed by atoms with Crippen molar-refractivity contribution < 1.29 is 8.78 Å². The van der Waals surface area contributed by atoms with Gasteiger partial charge < -0.3 is 0 Å². The first-order valence-electron chi connectivity index (χ1n) is 4.13. The number of hydrogen-bond donors (Lipinski definition) is 2. The van der Waals surface area contributed by atoms with Crippen molar-refractivity contribution in [2.75, 3.05) is 0 Å².